The first-order valence-corrected chi connectivity index (χ1v) is 8.49. The number of thiophene rings is 1. The van der Waals surface area contributed by atoms with Crippen molar-refractivity contribution in [2.45, 2.75) is 17.2 Å². The quantitative estimate of drug-likeness (QED) is 0.889. The van der Waals surface area contributed by atoms with Crippen LogP contribution in [0.5, 0.6) is 0 Å². The molecule has 0 aliphatic carbocycles. The number of nitrogens with zero attached hydrogens (tertiary/aromatic N) is 1. The monoisotopic (exact) mass is 311 g/mol. The van der Waals surface area contributed by atoms with Gasteiger partial charge in [0.25, 0.3) is 10.0 Å². The summed E-state index contributed by atoms with van der Waals surface area (Å²) in [6, 6.07) is 12.8. The topological polar surface area (TPSA) is 57.6 Å². The Bertz CT molecular complexity index is 650. The van der Waals surface area contributed by atoms with Crippen LogP contribution >= 0.6 is 11.3 Å². The third-order valence-corrected chi connectivity index (χ3v) is 6.32. The summed E-state index contributed by atoms with van der Waals surface area (Å²) in [7, 11) is -1.89. The van der Waals surface area contributed by atoms with Crippen molar-refractivity contribution in [3.8, 4) is 0 Å². The highest BCUT2D eigenvalue weighted by Gasteiger charge is 2.22. The summed E-state index contributed by atoms with van der Waals surface area (Å²) < 4.78 is 26.5. The summed E-state index contributed by atoms with van der Waals surface area (Å²) in [4.78, 5) is 0.874. The van der Waals surface area contributed by atoms with Crippen molar-refractivity contribution < 1.29 is 13.5 Å². The molecule has 0 bridgehead atoms. The normalized spacial score (nSPS) is 11.9. The van der Waals surface area contributed by atoms with E-state index in [4.69, 9.17) is 5.11 Å². The molecule has 108 valence electrons. The van der Waals surface area contributed by atoms with E-state index in [0.717, 1.165) is 10.4 Å². The average molecular weight is 311 g/mol. The molecule has 6 heteroatoms. The van der Waals surface area contributed by atoms with Gasteiger partial charge in [0.2, 0.25) is 0 Å². The average Bonchev–Trinajstić information content (AvgIpc) is 2.89. The highest BCUT2D eigenvalue weighted by Crippen LogP contribution is 2.25. The van der Waals surface area contributed by atoms with Crippen LogP contribution in [-0.4, -0.2) is 31.5 Å². The molecule has 2 rings (SSSR count). The number of aliphatic hydroxyl groups excluding tert-OH is 1. The summed E-state index contributed by atoms with van der Waals surface area (Å²) in [5, 5.41) is 8.88. The first-order chi connectivity index (χ1) is 9.54. The van der Waals surface area contributed by atoms with Gasteiger partial charge in [-0.1, -0.05) is 30.3 Å². The van der Waals surface area contributed by atoms with Crippen molar-refractivity contribution in [1.82, 2.24) is 4.31 Å². The zero-order valence-electron chi connectivity index (χ0n) is 11.2. The van der Waals surface area contributed by atoms with Crippen molar-refractivity contribution in [2.24, 2.45) is 0 Å². The van der Waals surface area contributed by atoms with Gasteiger partial charge in [-0.15, -0.1) is 11.3 Å². The van der Waals surface area contributed by atoms with E-state index in [1.54, 1.807) is 19.2 Å². The molecule has 1 heterocycles. The molecular weight excluding hydrogens is 294 g/mol. The summed E-state index contributed by atoms with van der Waals surface area (Å²) in [5.41, 5.74) is 0.950. The minimum atomic E-state index is -3.46. The van der Waals surface area contributed by atoms with E-state index in [1.807, 2.05) is 30.3 Å². The Labute approximate surface area is 123 Å². The van der Waals surface area contributed by atoms with Gasteiger partial charge in [-0.3, -0.25) is 0 Å². The molecule has 0 atom stereocenters. The van der Waals surface area contributed by atoms with E-state index >= 15 is 0 Å². The van der Waals surface area contributed by atoms with Gasteiger partial charge in [-0.2, -0.15) is 4.31 Å². The third-order valence-electron chi connectivity index (χ3n) is 2.91. The summed E-state index contributed by atoms with van der Waals surface area (Å²) in [5.74, 6) is 0. The van der Waals surface area contributed by atoms with Gasteiger partial charge < -0.3 is 5.11 Å². The summed E-state index contributed by atoms with van der Waals surface area (Å²) >= 11 is 1.21. The number of hydrogen-bond donors (Lipinski definition) is 1. The van der Waals surface area contributed by atoms with Crippen molar-refractivity contribution in [1.29, 1.82) is 0 Å². The smallest absolute Gasteiger partial charge is 0.252 e. The standard InChI is InChI=1S/C14H17NO3S2/c1-15(11-12-5-3-2-4-6-12)20(17,18)14-8-7-13(19-14)9-10-16/h2-8,16H,9-11H2,1H3. The van der Waals surface area contributed by atoms with E-state index in [1.165, 1.54) is 15.6 Å². The Balaban J connectivity index is 2.16. The molecule has 0 saturated heterocycles. The molecular formula is C14H17NO3S2. The Morgan fingerprint density at radius 1 is 1.15 bits per heavy atom. The van der Waals surface area contributed by atoms with E-state index in [-0.39, 0.29) is 6.61 Å². The molecule has 0 fully saturated rings. The fourth-order valence-corrected chi connectivity index (χ4v) is 4.53. The van der Waals surface area contributed by atoms with Crippen molar-refractivity contribution >= 4 is 21.4 Å². The molecule has 20 heavy (non-hydrogen) atoms. The second-order valence-electron chi connectivity index (χ2n) is 4.44. The molecule has 0 aliphatic rings. The van der Waals surface area contributed by atoms with Crippen LogP contribution in [0.1, 0.15) is 10.4 Å². The van der Waals surface area contributed by atoms with Crippen LogP contribution in [0.4, 0.5) is 0 Å². The van der Waals surface area contributed by atoms with Crippen molar-refractivity contribution in [3.63, 3.8) is 0 Å². The van der Waals surface area contributed by atoms with Crippen LogP contribution in [0.15, 0.2) is 46.7 Å². The van der Waals surface area contributed by atoms with Crippen LogP contribution < -0.4 is 0 Å². The molecule has 0 saturated carbocycles. The number of rotatable bonds is 6. The number of hydrogen-bond acceptors (Lipinski definition) is 4. The molecule has 4 nitrogen and oxygen atoms in total. The molecule has 0 spiro atoms. The summed E-state index contributed by atoms with van der Waals surface area (Å²) in [6.07, 6.45) is 0.489. The minimum Gasteiger partial charge on any atom is -0.396 e. The van der Waals surface area contributed by atoms with Gasteiger partial charge in [-0.25, -0.2) is 8.42 Å². The molecule has 1 aromatic carbocycles. The Hall–Kier alpha value is -1.21. The Kier molecular flexibility index (Phi) is 4.93. The van der Waals surface area contributed by atoms with Crippen LogP contribution in [0.2, 0.25) is 0 Å². The third kappa shape index (κ3) is 3.46. The fraction of sp³-hybridized carbons (Fsp3) is 0.286. The SMILES string of the molecule is CN(Cc1ccccc1)S(=O)(=O)c1ccc(CCO)s1. The second-order valence-corrected chi connectivity index (χ2v) is 7.88. The highest BCUT2D eigenvalue weighted by molar-refractivity contribution is 7.91. The molecule has 0 unspecified atom stereocenters. The predicted molar refractivity (Wildman–Crippen MR) is 80.2 cm³/mol. The van der Waals surface area contributed by atoms with E-state index in [9.17, 15) is 8.42 Å². The van der Waals surface area contributed by atoms with Gasteiger partial charge in [0.15, 0.2) is 0 Å². The predicted octanol–water partition coefficient (Wildman–Crippen LogP) is 2.10. The molecule has 2 aromatic rings. The van der Waals surface area contributed by atoms with Crippen molar-refractivity contribution in [2.75, 3.05) is 13.7 Å². The highest BCUT2D eigenvalue weighted by atomic mass is 32.2. The lowest BCUT2D eigenvalue weighted by molar-refractivity contribution is 0.300. The van der Waals surface area contributed by atoms with E-state index in [0.29, 0.717) is 17.2 Å². The maximum Gasteiger partial charge on any atom is 0.252 e. The van der Waals surface area contributed by atoms with E-state index in [2.05, 4.69) is 0 Å². The van der Waals surface area contributed by atoms with Crippen molar-refractivity contribution in [3.05, 3.63) is 52.9 Å². The Morgan fingerprint density at radius 3 is 2.50 bits per heavy atom. The lowest BCUT2D eigenvalue weighted by atomic mass is 10.2. The van der Waals surface area contributed by atoms with Crippen LogP contribution in [0, 0.1) is 0 Å². The van der Waals surface area contributed by atoms with Gasteiger partial charge in [0.1, 0.15) is 4.21 Å². The molecule has 0 aliphatic heterocycles. The van der Waals surface area contributed by atoms with Gasteiger partial charge in [-0.05, 0) is 17.7 Å². The first kappa shape index (κ1) is 15.2. The summed E-state index contributed by atoms with van der Waals surface area (Å²) in [6.45, 7) is 0.371. The molecule has 0 amide bonds. The number of sulfonamides is 1. The fourth-order valence-electron chi connectivity index (χ4n) is 1.82. The number of aliphatic hydroxyl groups is 1. The Morgan fingerprint density at radius 2 is 1.85 bits per heavy atom. The van der Waals surface area contributed by atoms with Gasteiger partial charge in [0, 0.05) is 31.5 Å². The van der Waals surface area contributed by atoms with Crippen LogP contribution in [0.25, 0.3) is 0 Å². The molecule has 0 radical (unpaired) electrons. The molecule has 1 N–H and O–H groups in total. The maximum atomic E-state index is 12.4. The minimum absolute atomic E-state index is 0.0276. The zero-order valence-corrected chi connectivity index (χ0v) is 12.8. The second kappa shape index (κ2) is 6.49. The zero-order chi connectivity index (χ0) is 14.6. The lowest BCUT2D eigenvalue weighted by Crippen LogP contribution is -2.25. The van der Waals surface area contributed by atoms with Gasteiger partial charge >= 0.3 is 0 Å². The maximum absolute atomic E-state index is 12.4. The molecule has 1 aromatic heterocycles. The lowest BCUT2D eigenvalue weighted by Gasteiger charge is -2.16. The first-order valence-electron chi connectivity index (χ1n) is 6.24. The van der Waals surface area contributed by atoms with Crippen LogP contribution in [-0.2, 0) is 23.0 Å². The van der Waals surface area contributed by atoms with Gasteiger partial charge in [0.05, 0.1) is 0 Å². The largest absolute Gasteiger partial charge is 0.396 e. The van der Waals surface area contributed by atoms with E-state index < -0.39 is 10.0 Å². The van der Waals surface area contributed by atoms with Crippen LogP contribution in [0.3, 0.4) is 0 Å². The number of benzene rings is 1.